The molecular weight excluding hydrogens is 589 g/mol. The summed E-state index contributed by atoms with van der Waals surface area (Å²) in [5, 5.41) is 8.54. The standard InChI is InChI=1S/C32H35F3N6O4/c1-21-5-11-29(44-4)28(15-21)41-18-25(8-12-30(41)42)31(43)38-16-22(2)40(23(3)17-38)20-26-19-39(37-36-26)14-13-24-6-9-27(10-7-24)45-32(33,34)35/h5-12,15,18-19,22-23H,13-14,16-17,20H2,1-4H3/t22-,23+. The number of hydrogen-bond donors (Lipinski definition) is 0. The second-order valence-electron chi connectivity index (χ2n) is 11.3. The zero-order valence-corrected chi connectivity index (χ0v) is 25.5. The molecule has 238 valence electrons. The van der Waals surface area contributed by atoms with Crippen LogP contribution in [-0.4, -0.2) is 73.9 Å². The fraction of sp³-hybridized carbons (Fsp3) is 0.375. The third kappa shape index (κ3) is 7.72. The lowest BCUT2D eigenvalue weighted by molar-refractivity contribution is -0.274. The first-order valence-corrected chi connectivity index (χ1v) is 14.6. The van der Waals surface area contributed by atoms with Crippen LogP contribution < -0.4 is 15.0 Å². The summed E-state index contributed by atoms with van der Waals surface area (Å²) < 4.78 is 49.7. The Bertz CT molecular complexity index is 1690. The number of amides is 1. The molecule has 0 radical (unpaired) electrons. The van der Waals surface area contributed by atoms with E-state index in [1.165, 1.54) is 22.8 Å². The van der Waals surface area contributed by atoms with Crippen molar-refractivity contribution < 1.29 is 27.4 Å². The summed E-state index contributed by atoms with van der Waals surface area (Å²) in [5.41, 5.74) is 3.31. The van der Waals surface area contributed by atoms with Crippen molar-refractivity contribution >= 4 is 5.91 Å². The zero-order valence-electron chi connectivity index (χ0n) is 25.5. The quantitative estimate of drug-likeness (QED) is 0.268. The molecule has 3 heterocycles. The van der Waals surface area contributed by atoms with E-state index in [0.717, 1.165) is 16.8 Å². The monoisotopic (exact) mass is 624 g/mol. The number of rotatable bonds is 9. The SMILES string of the molecule is COc1ccc(C)cc1-n1cc(C(=O)N2C[C@@H](C)N(Cc3cn(CCc4ccc(OC(F)(F)F)cc4)nn3)[C@@H](C)C2)ccc1=O. The lowest BCUT2D eigenvalue weighted by atomic mass is 10.1. The van der Waals surface area contributed by atoms with E-state index in [-0.39, 0.29) is 29.3 Å². The van der Waals surface area contributed by atoms with Gasteiger partial charge < -0.3 is 14.4 Å². The van der Waals surface area contributed by atoms with Crippen LogP contribution in [-0.2, 0) is 19.5 Å². The minimum absolute atomic E-state index is 0.0306. The van der Waals surface area contributed by atoms with Crippen molar-refractivity contribution in [3.63, 3.8) is 0 Å². The van der Waals surface area contributed by atoms with Crippen molar-refractivity contribution in [1.82, 2.24) is 29.4 Å². The summed E-state index contributed by atoms with van der Waals surface area (Å²) in [5.74, 6) is 0.123. The number of halogens is 3. The average molecular weight is 625 g/mol. The average Bonchev–Trinajstić information content (AvgIpc) is 3.45. The molecule has 10 nitrogen and oxygen atoms in total. The maximum absolute atomic E-state index is 13.6. The molecule has 2 atom stereocenters. The third-order valence-corrected chi connectivity index (χ3v) is 7.86. The lowest BCUT2D eigenvalue weighted by Gasteiger charge is -2.44. The van der Waals surface area contributed by atoms with Gasteiger partial charge in [-0.2, -0.15) is 0 Å². The molecule has 1 saturated heterocycles. The topological polar surface area (TPSA) is 94.7 Å². The van der Waals surface area contributed by atoms with Gasteiger partial charge in [0.15, 0.2) is 0 Å². The molecule has 0 bridgehead atoms. The van der Waals surface area contributed by atoms with Gasteiger partial charge in [-0.15, -0.1) is 18.3 Å². The molecule has 0 aliphatic carbocycles. The van der Waals surface area contributed by atoms with E-state index < -0.39 is 6.36 Å². The van der Waals surface area contributed by atoms with Crippen LogP contribution in [0.15, 0.2) is 71.8 Å². The van der Waals surface area contributed by atoms with E-state index in [0.29, 0.717) is 49.6 Å². The van der Waals surface area contributed by atoms with E-state index in [2.05, 4.69) is 33.8 Å². The van der Waals surface area contributed by atoms with Crippen molar-refractivity contribution in [2.45, 2.75) is 58.7 Å². The Morgan fingerprint density at radius 1 is 1.00 bits per heavy atom. The summed E-state index contributed by atoms with van der Waals surface area (Å²) >= 11 is 0. The summed E-state index contributed by atoms with van der Waals surface area (Å²) in [7, 11) is 1.54. The molecule has 1 aliphatic rings. The van der Waals surface area contributed by atoms with E-state index >= 15 is 0 Å². The molecule has 0 unspecified atom stereocenters. The number of nitrogens with zero attached hydrogens (tertiary/aromatic N) is 6. The molecule has 1 fully saturated rings. The Balaban J connectivity index is 1.20. The van der Waals surface area contributed by atoms with Crippen LogP contribution in [0, 0.1) is 6.92 Å². The Hall–Kier alpha value is -4.65. The van der Waals surface area contributed by atoms with Crippen LogP contribution in [0.4, 0.5) is 13.2 Å². The predicted octanol–water partition coefficient (Wildman–Crippen LogP) is 4.62. The molecule has 1 aliphatic heterocycles. The number of carbonyl (C=O) groups excluding carboxylic acids is 1. The first kappa shape index (κ1) is 31.8. The highest BCUT2D eigenvalue weighted by Gasteiger charge is 2.33. The van der Waals surface area contributed by atoms with Gasteiger partial charge in [-0.05, 0) is 68.7 Å². The van der Waals surface area contributed by atoms with Gasteiger partial charge >= 0.3 is 6.36 Å². The van der Waals surface area contributed by atoms with Crippen LogP contribution in [0.5, 0.6) is 11.5 Å². The summed E-state index contributed by atoms with van der Waals surface area (Å²) in [6.45, 7) is 8.10. The fourth-order valence-electron chi connectivity index (χ4n) is 5.62. The maximum atomic E-state index is 13.6. The van der Waals surface area contributed by atoms with Crippen molar-refractivity contribution in [1.29, 1.82) is 0 Å². The van der Waals surface area contributed by atoms with Crippen LogP contribution in [0.25, 0.3) is 5.69 Å². The van der Waals surface area contributed by atoms with Gasteiger partial charge in [0.2, 0.25) is 0 Å². The lowest BCUT2D eigenvalue weighted by Crippen LogP contribution is -2.57. The Morgan fingerprint density at radius 2 is 1.71 bits per heavy atom. The first-order chi connectivity index (χ1) is 21.4. The number of aromatic nitrogens is 4. The number of ether oxygens (including phenoxy) is 2. The normalized spacial score (nSPS) is 17.4. The molecule has 0 N–H and O–H groups in total. The maximum Gasteiger partial charge on any atom is 0.573 e. The molecule has 2 aromatic heterocycles. The summed E-state index contributed by atoms with van der Waals surface area (Å²) in [4.78, 5) is 30.5. The predicted molar refractivity (Wildman–Crippen MR) is 161 cm³/mol. The van der Waals surface area contributed by atoms with E-state index in [1.54, 1.807) is 42.3 Å². The van der Waals surface area contributed by atoms with Gasteiger partial charge in [-0.25, -0.2) is 0 Å². The van der Waals surface area contributed by atoms with Gasteiger partial charge in [-0.3, -0.25) is 23.7 Å². The van der Waals surface area contributed by atoms with E-state index in [1.807, 2.05) is 30.2 Å². The Labute approximate surface area is 258 Å². The van der Waals surface area contributed by atoms with E-state index in [9.17, 15) is 22.8 Å². The number of piperazine rings is 1. The molecule has 0 saturated carbocycles. The van der Waals surface area contributed by atoms with Crippen molar-refractivity contribution in [3.05, 3.63) is 99.7 Å². The van der Waals surface area contributed by atoms with Crippen molar-refractivity contribution in [2.75, 3.05) is 20.2 Å². The first-order valence-electron chi connectivity index (χ1n) is 14.6. The van der Waals surface area contributed by atoms with Gasteiger partial charge in [0, 0.05) is 56.7 Å². The van der Waals surface area contributed by atoms with Crippen molar-refractivity contribution in [2.24, 2.45) is 0 Å². The second kappa shape index (κ2) is 13.1. The van der Waals surface area contributed by atoms with Gasteiger partial charge in [0.25, 0.3) is 11.5 Å². The molecule has 4 aromatic rings. The highest BCUT2D eigenvalue weighted by atomic mass is 19.4. The van der Waals surface area contributed by atoms with Crippen LogP contribution in [0.1, 0.15) is 41.0 Å². The van der Waals surface area contributed by atoms with Crippen LogP contribution >= 0.6 is 0 Å². The zero-order chi connectivity index (χ0) is 32.3. The number of benzene rings is 2. The van der Waals surface area contributed by atoms with Crippen LogP contribution in [0.2, 0.25) is 0 Å². The largest absolute Gasteiger partial charge is 0.573 e. The van der Waals surface area contributed by atoms with Crippen LogP contribution in [0.3, 0.4) is 0 Å². The number of carbonyl (C=O) groups is 1. The molecule has 13 heteroatoms. The molecule has 5 rings (SSSR count). The third-order valence-electron chi connectivity index (χ3n) is 7.86. The number of methoxy groups -OCH3 is 1. The van der Waals surface area contributed by atoms with Crippen molar-refractivity contribution in [3.8, 4) is 17.2 Å². The fourth-order valence-corrected chi connectivity index (χ4v) is 5.62. The Morgan fingerprint density at radius 3 is 2.38 bits per heavy atom. The molecule has 45 heavy (non-hydrogen) atoms. The highest BCUT2D eigenvalue weighted by Crippen LogP contribution is 2.25. The highest BCUT2D eigenvalue weighted by molar-refractivity contribution is 5.94. The number of pyridine rings is 1. The number of hydrogen-bond acceptors (Lipinski definition) is 7. The summed E-state index contributed by atoms with van der Waals surface area (Å²) in [6, 6.07) is 14.3. The molecular formula is C32H35F3N6O4. The smallest absolute Gasteiger partial charge is 0.495 e. The van der Waals surface area contributed by atoms with E-state index in [4.69, 9.17) is 4.74 Å². The molecule has 2 aromatic carbocycles. The van der Waals surface area contributed by atoms with Gasteiger partial charge in [0.05, 0.1) is 24.1 Å². The number of alkyl halides is 3. The minimum atomic E-state index is -4.72. The second-order valence-corrected chi connectivity index (χ2v) is 11.3. The summed E-state index contributed by atoms with van der Waals surface area (Å²) in [6.07, 6.45) is -0.721. The molecule has 1 amide bonds. The van der Waals surface area contributed by atoms with Gasteiger partial charge in [-0.1, -0.05) is 23.4 Å². The minimum Gasteiger partial charge on any atom is -0.495 e. The van der Waals surface area contributed by atoms with Gasteiger partial charge in [0.1, 0.15) is 11.5 Å². The number of aryl methyl sites for hydroxylation is 3. The Kier molecular flexibility index (Phi) is 9.28. The molecule has 0 spiro atoms.